The monoisotopic (exact) mass is 356 g/mol. The second-order valence-electron chi connectivity index (χ2n) is 4.54. The van der Waals surface area contributed by atoms with Crippen LogP contribution in [0, 0.1) is 0 Å². The number of phenols is 2. The van der Waals surface area contributed by atoms with Crippen LogP contribution in [-0.2, 0) is 0 Å². The molecule has 0 amide bonds. The van der Waals surface area contributed by atoms with Crippen molar-refractivity contribution in [2.24, 2.45) is 0 Å². The van der Waals surface area contributed by atoms with E-state index < -0.39 is 11.5 Å². The van der Waals surface area contributed by atoms with Crippen molar-refractivity contribution < 1.29 is 19.7 Å². The lowest BCUT2D eigenvalue weighted by atomic mass is 10.1. The number of phenolic OH excluding ortho intramolecular Hbond substituents is 2. The molecule has 4 nitrogen and oxygen atoms in total. The molecule has 0 fully saturated rings. The van der Waals surface area contributed by atoms with E-state index >= 15 is 0 Å². The van der Waals surface area contributed by atoms with E-state index in [9.17, 15) is 15.0 Å². The predicted molar refractivity (Wildman–Crippen MR) is 84.2 cm³/mol. The molecule has 2 N–H and O–H groups in total. The number of ether oxygens (including phenoxy) is 1. The Morgan fingerprint density at radius 1 is 1.09 bits per heavy atom. The number of rotatable bonds is 1. The minimum atomic E-state index is -0.496. The molecule has 22 heavy (non-hydrogen) atoms. The van der Waals surface area contributed by atoms with E-state index in [4.69, 9.17) is 39.5 Å². The van der Waals surface area contributed by atoms with Gasteiger partial charge in [0.25, 0.3) is 0 Å². The quantitative estimate of drug-likeness (QED) is 0.442. The second kappa shape index (κ2) is 5.39. The minimum Gasteiger partial charge on any atom is -0.504 e. The molecule has 0 saturated carbocycles. The summed E-state index contributed by atoms with van der Waals surface area (Å²) in [5.74, 6) is -1.48. The van der Waals surface area contributed by atoms with Gasteiger partial charge in [-0.1, -0.05) is 34.8 Å². The molecule has 0 radical (unpaired) electrons. The smallest absolute Gasteiger partial charge is 0.232 e. The van der Waals surface area contributed by atoms with Crippen molar-refractivity contribution >= 4 is 46.7 Å². The fourth-order valence-corrected chi connectivity index (χ4v) is 2.72. The molecule has 0 atom stereocenters. The molecular formula is C15H7Cl3O4. The maximum atomic E-state index is 12.3. The van der Waals surface area contributed by atoms with Crippen LogP contribution in [0.1, 0.15) is 15.9 Å². The number of hydrogen-bond donors (Lipinski definition) is 2. The molecule has 0 saturated heterocycles. The number of hydrogen-bond acceptors (Lipinski definition) is 4. The van der Waals surface area contributed by atoms with Crippen molar-refractivity contribution in [1.29, 1.82) is 0 Å². The van der Waals surface area contributed by atoms with Gasteiger partial charge in [-0.25, -0.2) is 0 Å². The van der Waals surface area contributed by atoms with Crippen LogP contribution in [0.25, 0.3) is 6.08 Å². The van der Waals surface area contributed by atoms with Crippen molar-refractivity contribution in [2.75, 3.05) is 0 Å². The summed E-state index contributed by atoms with van der Waals surface area (Å²) in [5, 5.41) is 20.0. The van der Waals surface area contributed by atoms with E-state index in [1.165, 1.54) is 30.3 Å². The summed E-state index contributed by atoms with van der Waals surface area (Å²) in [4.78, 5) is 12.3. The van der Waals surface area contributed by atoms with Crippen LogP contribution in [-0.4, -0.2) is 16.0 Å². The highest BCUT2D eigenvalue weighted by Gasteiger charge is 2.31. The van der Waals surface area contributed by atoms with Crippen molar-refractivity contribution in [3.63, 3.8) is 0 Å². The molecule has 1 aliphatic rings. The summed E-state index contributed by atoms with van der Waals surface area (Å²) in [7, 11) is 0. The van der Waals surface area contributed by atoms with Gasteiger partial charge in [-0.05, 0) is 35.9 Å². The van der Waals surface area contributed by atoms with Gasteiger partial charge in [0, 0.05) is 5.02 Å². The maximum absolute atomic E-state index is 12.3. The van der Waals surface area contributed by atoms with E-state index in [0.29, 0.717) is 10.6 Å². The highest BCUT2D eigenvalue weighted by atomic mass is 35.5. The molecule has 112 valence electrons. The number of fused-ring (bicyclic) bond motifs is 1. The van der Waals surface area contributed by atoms with Gasteiger partial charge in [-0.2, -0.15) is 0 Å². The molecule has 0 aliphatic carbocycles. The van der Waals surface area contributed by atoms with Gasteiger partial charge in [0.15, 0.2) is 17.3 Å². The first kappa shape index (κ1) is 15.0. The lowest BCUT2D eigenvalue weighted by Gasteiger charge is -2.04. The highest BCUT2D eigenvalue weighted by Crippen LogP contribution is 2.44. The third kappa shape index (κ3) is 2.39. The molecule has 1 aliphatic heterocycles. The Morgan fingerprint density at radius 3 is 2.55 bits per heavy atom. The number of halogens is 3. The Kier molecular flexibility index (Phi) is 3.68. The lowest BCUT2D eigenvalue weighted by molar-refractivity contribution is 0.101. The van der Waals surface area contributed by atoms with Gasteiger partial charge in [0.2, 0.25) is 11.5 Å². The highest BCUT2D eigenvalue weighted by molar-refractivity contribution is 6.44. The molecule has 1 heterocycles. The number of aromatic hydroxyl groups is 2. The van der Waals surface area contributed by atoms with Crippen LogP contribution < -0.4 is 4.74 Å². The van der Waals surface area contributed by atoms with Gasteiger partial charge >= 0.3 is 0 Å². The average molecular weight is 358 g/mol. The van der Waals surface area contributed by atoms with E-state index in [0.717, 1.165) is 0 Å². The number of ketones is 1. The summed E-state index contributed by atoms with van der Waals surface area (Å²) in [6, 6.07) is 5.57. The van der Waals surface area contributed by atoms with Crippen LogP contribution in [0.15, 0.2) is 30.0 Å². The Bertz CT molecular complexity index is 843. The summed E-state index contributed by atoms with van der Waals surface area (Å²) in [5.41, 5.74) is 0.546. The summed E-state index contributed by atoms with van der Waals surface area (Å²) >= 11 is 17.9. The lowest BCUT2D eigenvalue weighted by Crippen LogP contribution is -1.98. The van der Waals surface area contributed by atoms with Crippen LogP contribution >= 0.6 is 34.8 Å². The fraction of sp³-hybridized carbons (Fsp3) is 0. The standard InChI is InChI=1S/C15H7Cl3O4/c16-7-3-6(12(18)9(17)5-7)4-11-13(20)8-1-2-10(19)14(21)15(8)22-11/h1-5,19,21H/b11-4-. The topological polar surface area (TPSA) is 66.8 Å². The number of benzene rings is 2. The summed E-state index contributed by atoms with van der Waals surface area (Å²) in [6.07, 6.45) is 1.37. The molecule has 3 rings (SSSR count). The molecule has 0 aromatic heterocycles. The van der Waals surface area contributed by atoms with Gasteiger partial charge in [0.05, 0.1) is 15.6 Å². The average Bonchev–Trinajstić information content (AvgIpc) is 2.77. The van der Waals surface area contributed by atoms with Gasteiger partial charge in [0.1, 0.15) is 0 Å². The van der Waals surface area contributed by atoms with E-state index in [1.807, 2.05) is 0 Å². The third-order valence-electron chi connectivity index (χ3n) is 3.10. The molecule has 0 unspecified atom stereocenters. The zero-order valence-corrected chi connectivity index (χ0v) is 13.0. The van der Waals surface area contributed by atoms with Gasteiger partial charge < -0.3 is 14.9 Å². The Morgan fingerprint density at radius 2 is 1.82 bits per heavy atom. The van der Waals surface area contributed by atoms with Crippen LogP contribution in [0.3, 0.4) is 0 Å². The Balaban J connectivity index is 2.09. The fourth-order valence-electron chi connectivity index (χ4n) is 2.05. The predicted octanol–water partition coefficient (Wildman–Crippen LogP) is 4.67. The van der Waals surface area contributed by atoms with Gasteiger partial charge in [-0.15, -0.1) is 0 Å². The molecule has 7 heteroatoms. The minimum absolute atomic E-state index is 0.0591. The first-order valence-corrected chi connectivity index (χ1v) is 7.15. The molecule has 2 aromatic rings. The first-order chi connectivity index (χ1) is 10.4. The van der Waals surface area contributed by atoms with Crippen molar-refractivity contribution in [1.82, 2.24) is 0 Å². The van der Waals surface area contributed by atoms with Crippen molar-refractivity contribution in [2.45, 2.75) is 0 Å². The van der Waals surface area contributed by atoms with E-state index in [-0.39, 0.29) is 32.9 Å². The summed E-state index contributed by atoms with van der Waals surface area (Å²) < 4.78 is 5.33. The molecule has 2 aromatic carbocycles. The van der Waals surface area contributed by atoms with Crippen LogP contribution in [0.5, 0.6) is 17.2 Å². The van der Waals surface area contributed by atoms with E-state index in [1.54, 1.807) is 0 Å². The van der Waals surface area contributed by atoms with Crippen molar-refractivity contribution in [3.05, 3.63) is 56.2 Å². The Hall–Kier alpha value is -1.88. The second-order valence-corrected chi connectivity index (χ2v) is 5.76. The molecule has 0 bridgehead atoms. The number of carbonyl (C=O) groups is 1. The zero-order valence-electron chi connectivity index (χ0n) is 10.7. The normalized spacial score (nSPS) is 15.0. The SMILES string of the molecule is O=C1/C(=C/c2cc(Cl)cc(Cl)c2Cl)Oc2c1ccc(O)c2O. The number of Topliss-reactive ketones (excluding diaryl/α,β-unsaturated/α-hetero) is 1. The number of carbonyl (C=O) groups excluding carboxylic acids is 1. The maximum Gasteiger partial charge on any atom is 0.232 e. The largest absolute Gasteiger partial charge is 0.504 e. The summed E-state index contributed by atoms with van der Waals surface area (Å²) in [6.45, 7) is 0. The van der Waals surface area contributed by atoms with Gasteiger partial charge in [-0.3, -0.25) is 4.79 Å². The zero-order chi connectivity index (χ0) is 16.0. The molecule has 0 spiro atoms. The third-order valence-corrected chi connectivity index (χ3v) is 4.13. The van der Waals surface area contributed by atoms with Crippen molar-refractivity contribution in [3.8, 4) is 17.2 Å². The van der Waals surface area contributed by atoms with Crippen LogP contribution in [0.2, 0.25) is 15.1 Å². The Labute approximate surface area is 140 Å². The molecular weight excluding hydrogens is 351 g/mol. The van der Waals surface area contributed by atoms with Crippen LogP contribution in [0.4, 0.5) is 0 Å². The van der Waals surface area contributed by atoms with E-state index in [2.05, 4.69) is 0 Å². The first-order valence-electron chi connectivity index (χ1n) is 6.02. The number of allylic oxidation sites excluding steroid dienone is 1.